The number of nitrogens with one attached hydrogen (secondary N) is 1. The first-order valence-corrected chi connectivity index (χ1v) is 5.50. The van der Waals surface area contributed by atoms with Gasteiger partial charge in [-0.2, -0.15) is 0 Å². The minimum absolute atomic E-state index is 0.102. The Morgan fingerprint density at radius 1 is 1.58 bits per heavy atom. The van der Waals surface area contributed by atoms with Crippen molar-refractivity contribution in [3.05, 3.63) is 45.1 Å². The topological polar surface area (TPSA) is 110 Å². The van der Waals surface area contributed by atoms with Gasteiger partial charge < -0.3 is 10.4 Å². The first kappa shape index (κ1) is 12.8. The van der Waals surface area contributed by atoms with Gasteiger partial charge in [-0.05, 0) is 11.1 Å². The summed E-state index contributed by atoms with van der Waals surface area (Å²) in [5.41, 5.74) is 1.40. The standard InChI is InChI=1S/C12H10N2O5/c15-6-8-3-7-1-2-9(14(18)19)4-10(7)11(13-8)5-12(16)17/h1-2,4,11,13H,3,5H2,(H,16,17). The third-order valence-corrected chi connectivity index (χ3v) is 2.93. The molecule has 1 unspecified atom stereocenters. The molecule has 0 saturated heterocycles. The van der Waals surface area contributed by atoms with Crippen LogP contribution in [0.5, 0.6) is 0 Å². The zero-order valence-electron chi connectivity index (χ0n) is 9.75. The second-order valence-electron chi connectivity index (χ2n) is 4.19. The Bertz CT molecular complexity index is 604. The summed E-state index contributed by atoms with van der Waals surface area (Å²) in [6.07, 6.45) is 0.00624. The number of nitrogens with zero attached hydrogens (tertiary/aromatic N) is 1. The van der Waals surface area contributed by atoms with Gasteiger partial charge in [0.05, 0.1) is 17.4 Å². The lowest BCUT2D eigenvalue weighted by molar-refractivity contribution is -0.385. The van der Waals surface area contributed by atoms with E-state index in [2.05, 4.69) is 5.32 Å². The Morgan fingerprint density at radius 3 is 2.89 bits per heavy atom. The molecule has 1 aliphatic heterocycles. The first-order valence-electron chi connectivity index (χ1n) is 5.50. The maximum absolute atomic E-state index is 10.8. The summed E-state index contributed by atoms with van der Waals surface area (Å²) in [6.45, 7) is 0. The number of nitro benzene ring substituents is 1. The number of hydrogen-bond acceptors (Lipinski definition) is 5. The van der Waals surface area contributed by atoms with E-state index in [1.165, 1.54) is 12.1 Å². The molecule has 98 valence electrons. The second-order valence-corrected chi connectivity index (χ2v) is 4.19. The molecular formula is C12H10N2O5. The molecule has 1 aliphatic rings. The van der Waals surface area contributed by atoms with Crippen molar-refractivity contribution in [1.29, 1.82) is 0 Å². The summed E-state index contributed by atoms with van der Waals surface area (Å²) in [6, 6.07) is 3.57. The van der Waals surface area contributed by atoms with Crippen LogP contribution in [0.4, 0.5) is 5.69 Å². The van der Waals surface area contributed by atoms with Crippen LogP contribution in [0, 0.1) is 10.1 Å². The van der Waals surface area contributed by atoms with Crippen LogP contribution < -0.4 is 5.32 Å². The summed E-state index contributed by atoms with van der Waals surface area (Å²) in [4.78, 5) is 31.7. The average molecular weight is 262 g/mol. The molecule has 7 heteroatoms. The van der Waals surface area contributed by atoms with Crippen LogP contribution >= 0.6 is 0 Å². The maximum Gasteiger partial charge on any atom is 0.305 e. The lowest BCUT2D eigenvalue weighted by Crippen LogP contribution is -2.30. The molecule has 0 bridgehead atoms. The van der Waals surface area contributed by atoms with Gasteiger partial charge in [-0.25, -0.2) is 4.79 Å². The van der Waals surface area contributed by atoms with E-state index in [4.69, 9.17) is 5.11 Å². The summed E-state index contributed by atoms with van der Waals surface area (Å²) in [7, 11) is 0. The van der Waals surface area contributed by atoms with Crippen molar-refractivity contribution < 1.29 is 19.6 Å². The van der Waals surface area contributed by atoms with Crippen LogP contribution in [0.3, 0.4) is 0 Å². The number of fused-ring (bicyclic) bond motifs is 1. The third-order valence-electron chi connectivity index (χ3n) is 2.93. The lowest BCUT2D eigenvalue weighted by Gasteiger charge is -2.26. The molecule has 2 N–H and O–H groups in total. The number of nitro groups is 1. The number of rotatable bonds is 3. The average Bonchev–Trinajstić information content (AvgIpc) is 2.37. The van der Waals surface area contributed by atoms with Crippen LogP contribution in [0.1, 0.15) is 23.6 Å². The summed E-state index contributed by atoms with van der Waals surface area (Å²) >= 11 is 0. The van der Waals surface area contributed by atoms with E-state index in [-0.39, 0.29) is 24.2 Å². The number of hydrogen-bond donors (Lipinski definition) is 2. The van der Waals surface area contributed by atoms with Crippen molar-refractivity contribution in [3.63, 3.8) is 0 Å². The minimum Gasteiger partial charge on any atom is -0.481 e. The number of aliphatic carboxylic acids is 1. The predicted octanol–water partition coefficient (Wildman–Crippen LogP) is 0.972. The second kappa shape index (κ2) is 4.91. The number of carbonyl (C=O) groups excluding carboxylic acids is 1. The quantitative estimate of drug-likeness (QED) is 0.477. The maximum atomic E-state index is 10.8. The summed E-state index contributed by atoms with van der Waals surface area (Å²) < 4.78 is 0. The monoisotopic (exact) mass is 262 g/mol. The van der Waals surface area contributed by atoms with Gasteiger partial charge in [-0.1, -0.05) is 6.07 Å². The fraction of sp³-hybridized carbons (Fsp3) is 0.250. The molecule has 0 spiro atoms. The van der Waals surface area contributed by atoms with Gasteiger partial charge in [0.25, 0.3) is 5.69 Å². The fourth-order valence-electron chi connectivity index (χ4n) is 2.11. The molecular weight excluding hydrogens is 252 g/mol. The molecule has 1 atom stereocenters. The molecule has 1 heterocycles. The van der Waals surface area contributed by atoms with Gasteiger partial charge >= 0.3 is 5.97 Å². The predicted molar refractivity (Wildman–Crippen MR) is 64.1 cm³/mol. The first-order chi connectivity index (χ1) is 9.01. The highest BCUT2D eigenvalue weighted by Gasteiger charge is 2.26. The van der Waals surface area contributed by atoms with Crippen LogP contribution in [0.2, 0.25) is 0 Å². The molecule has 1 aromatic carbocycles. The normalized spacial score (nSPS) is 17.1. The number of non-ortho nitro benzene ring substituents is 1. The Labute approximate surface area is 107 Å². The molecule has 0 aliphatic carbocycles. The van der Waals surface area contributed by atoms with Gasteiger partial charge in [0.2, 0.25) is 0 Å². The highest BCUT2D eigenvalue weighted by molar-refractivity contribution is 5.69. The lowest BCUT2D eigenvalue weighted by atomic mass is 9.90. The van der Waals surface area contributed by atoms with E-state index in [9.17, 15) is 19.7 Å². The molecule has 19 heavy (non-hydrogen) atoms. The van der Waals surface area contributed by atoms with Crippen molar-refractivity contribution >= 4 is 17.6 Å². The van der Waals surface area contributed by atoms with Crippen LogP contribution in [-0.4, -0.2) is 21.9 Å². The van der Waals surface area contributed by atoms with Crippen LogP contribution in [0.25, 0.3) is 0 Å². The number of carboxylic acid groups (broad SMARTS) is 1. The highest BCUT2D eigenvalue weighted by atomic mass is 16.6. The van der Waals surface area contributed by atoms with E-state index in [0.29, 0.717) is 11.1 Å². The van der Waals surface area contributed by atoms with Crippen molar-refractivity contribution in [2.75, 3.05) is 0 Å². The SMILES string of the molecule is O=C=C1Cc2ccc([N+](=O)[O-])cc2C(CC(=O)O)N1. The Morgan fingerprint density at radius 2 is 2.32 bits per heavy atom. The third kappa shape index (κ3) is 2.61. The van der Waals surface area contributed by atoms with Gasteiger partial charge in [0.15, 0.2) is 0 Å². The molecule has 0 radical (unpaired) electrons. The van der Waals surface area contributed by atoms with Crippen molar-refractivity contribution in [2.45, 2.75) is 18.9 Å². The molecule has 0 aromatic heterocycles. The number of carboxylic acids is 1. The van der Waals surface area contributed by atoms with E-state index in [1.807, 2.05) is 0 Å². The van der Waals surface area contributed by atoms with Crippen molar-refractivity contribution in [2.24, 2.45) is 0 Å². The molecule has 7 nitrogen and oxygen atoms in total. The zero-order valence-corrected chi connectivity index (χ0v) is 9.75. The summed E-state index contributed by atoms with van der Waals surface area (Å²) in [5.74, 6) is 0.661. The van der Waals surface area contributed by atoms with Gasteiger partial charge in [-0.15, -0.1) is 0 Å². The zero-order chi connectivity index (χ0) is 14.0. The minimum atomic E-state index is -1.05. The highest BCUT2D eigenvalue weighted by Crippen LogP contribution is 2.31. The van der Waals surface area contributed by atoms with Gasteiger partial charge in [-0.3, -0.25) is 14.9 Å². The number of allylic oxidation sites excluding steroid dienone is 1. The van der Waals surface area contributed by atoms with Crippen LogP contribution in [-0.2, 0) is 16.0 Å². The van der Waals surface area contributed by atoms with Gasteiger partial charge in [0.1, 0.15) is 11.6 Å². The summed E-state index contributed by atoms with van der Waals surface area (Å²) in [5, 5.41) is 22.3. The van der Waals surface area contributed by atoms with Crippen molar-refractivity contribution in [1.82, 2.24) is 5.32 Å². The van der Waals surface area contributed by atoms with E-state index >= 15 is 0 Å². The Kier molecular flexibility index (Phi) is 3.31. The van der Waals surface area contributed by atoms with E-state index < -0.39 is 16.9 Å². The molecule has 0 saturated carbocycles. The molecule has 0 amide bonds. The number of benzene rings is 1. The van der Waals surface area contributed by atoms with E-state index in [0.717, 1.165) is 0 Å². The Hall–Kier alpha value is -2.66. The molecule has 1 aromatic rings. The molecule has 2 rings (SSSR count). The van der Waals surface area contributed by atoms with Gasteiger partial charge in [0, 0.05) is 18.6 Å². The molecule has 0 fully saturated rings. The van der Waals surface area contributed by atoms with Crippen molar-refractivity contribution in [3.8, 4) is 0 Å². The van der Waals surface area contributed by atoms with E-state index in [1.54, 1.807) is 12.0 Å². The fourth-order valence-corrected chi connectivity index (χ4v) is 2.11. The number of carbonyl (C=O) groups is 1. The largest absolute Gasteiger partial charge is 0.481 e. The van der Waals surface area contributed by atoms with Crippen LogP contribution in [0.15, 0.2) is 23.9 Å². The smallest absolute Gasteiger partial charge is 0.305 e. The Balaban J connectivity index is 2.47.